The van der Waals surface area contributed by atoms with Crippen molar-refractivity contribution in [2.75, 3.05) is 11.1 Å². The molecule has 2 nitrogen and oxygen atoms in total. The van der Waals surface area contributed by atoms with Crippen molar-refractivity contribution in [1.82, 2.24) is 4.98 Å². The van der Waals surface area contributed by atoms with Crippen molar-refractivity contribution >= 4 is 33.5 Å². The molecule has 1 aliphatic rings. The molecule has 0 aliphatic carbocycles. The summed E-state index contributed by atoms with van der Waals surface area (Å²) in [6, 6.07) is 13.0. The Kier molecular flexibility index (Phi) is 3.57. The van der Waals surface area contributed by atoms with E-state index in [1.54, 1.807) is 0 Å². The van der Waals surface area contributed by atoms with Gasteiger partial charge in [0, 0.05) is 21.3 Å². The molecule has 2 heterocycles. The molecule has 18 heavy (non-hydrogen) atoms. The van der Waals surface area contributed by atoms with Crippen LogP contribution in [0.1, 0.15) is 18.0 Å². The predicted molar refractivity (Wildman–Crippen MR) is 80.1 cm³/mol. The molecule has 1 aliphatic heterocycles. The zero-order valence-corrected chi connectivity index (χ0v) is 12.2. The van der Waals surface area contributed by atoms with Crippen LogP contribution in [-0.2, 0) is 0 Å². The van der Waals surface area contributed by atoms with Crippen LogP contribution in [0, 0.1) is 0 Å². The van der Waals surface area contributed by atoms with E-state index in [1.807, 2.05) is 30.1 Å². The summed E-state index contributed by atoms with van der Waals surface area (Å²) in [5, 5.41) is 3.52. The first kappa shape index (κ1) is 12.1. The summed E-state index contributed by atoms with van der Waals surface area (Å²) in [7, 11) is 0. The van der Waals surface area contributed by atoms with Crippen LogP contribution in [-0.4, -0.2) is 10.7 Å². The fraction of sp³-hybridized carbons (Fsp3) is 0.214. The number of thioether (sulfide) groups is 1. The lowest BCUT2D eigenvalue weighted by molar-refractivity contribution is 0.724. The van der Waals surface area contributed by atoms with Gasteiger partial charge in [-0.3, -0.25) is 0 Å². The van der Waals surface area contributed by atoms with E-state index in [4.69, 9.17) is 0 Å². The Morgan fingerprint density at radius 2 is 2.11 bits per heavy atom. The molecule has 3 rings (SSSR count). The van der Waals surface area contributed by atoms with Gasteiger partial charge in [-0.2, -0.15) is 0 Å². The van der Waals surface area contributed by atoms with Gasteiger partial charge in [0.2, 0.25) is 0 Å². The van der Waals surface area contributed by atoms with Crippen LogP contribution >= 0.6 is 27.7 Å². The van der Waals surface area contributed by atoms with Crippen LogP contribution in [0.2, 0.25) is 0 Å². The largest absolute Gasteiger partial charge is 0.363 e. The van der Waals surface area contributed by atoms with Crippen LogP contribution in [0.3, 0.4) is 0 Å². The summed E-state index contributed by atoms with van der Waals surface area (Å²) < 4.78 is 1.01. The maximum absolute atomic E-state index is 4.38. The molecule has 2 aromatic rings. The van der Waals surface area contributed by atoms with Gasteiger partial charge in [0.1, 0.15) is 5.82 Å². The smallest absolute Gasteiger partial charge is 0.126 e. The summed E-state index contributed by atoms with van der Waals surface area (Å²) in [6.45, 7) is 0. The fourth-order valence-corrected chi connectivity index (χ4v) is 3.49. The van der Waals surface area contributed by atoms with Crippen molar-refractivity contribution in [2.45, 2.75) is 17.4 Å². The molecule has 0 spiro atoms. The highest BCUT2D eigenvalue weighted by Gasteiger charge is 2.20. The van der Waals surface area contributed by atoms with E-state index < -0.39 is 0 Å². The topological polar surface area (TPSA) is 24.9 Å². The molecule has 0 bridgehead atoms. The van der Waals surface area contributed by atoms with E-state index in [0.717, 1.165) is 22.5 Å². The molecule has 0 fully saturated rings. The van der Waals surface area contributed by atoms with Gasteiger partial charge in [-0.25, -0.2) is 4.98 Å². The third kappa shape index (κ3) is 2.54. The minimum Gasteiger partial charge on any atom is -0.363 e. The van der Waals surface area contributed by atoms with Crippen LogP contribution in [0.25, 0.3) is 0 Å². The minimum atomic E-state index is 0.371. The third-order valence-electron chi connectivity index (χ3n) is 3.01. The lowest BCUT2D eigenvalue weighted by Gasteiger charge is -2.26. The second kappa shape index (κ2) is 5.33. The van der Waals surface area contributed by atoms with Crippen LogP contribution in [0.15, 0.2) is 52.0 Å². The van der Waals surface area contributed by atoms with Gasteiger partial charge in [-0.1, -0.05) is 18.2 Å². The molecule has 1 unspecified atom stereocenters. The Balaban J connectivity index is 1.84. The van der Waals surface area contributed by atoms with E-state index in [2.05, 4.69) is 50.5 Å². The number of pyridine rings is 1. The van der Waals surface area contributed by atoms with E-state index in [-0.39, 0.29) is 0 Å². The second-order valence-corrected chi connectivity index (χ2v) is 6.29. The van der Waals surface area contributed by atoms with Crippen molar-refractivity contribution < 1.29 is 0 Å². The number of nitrogens with zero attached hydrogens (tertiary/aromatic N) is 1. The molecule has 1 atom stereocenters. The van der Waals surface area contributed by atoms with E-state index >= 15 is 0 Å². The number of fused-ring (bicyclic) bond motifs is 1. The predicted octanol–water partition coefficient (Wildman–Crippen LogP) is 4.49. The highest BCUT2D eigenvalue weighted by atomic mass is 79.9. The first-order chi connectivity index (χ1) is 8.83. The SMILES string of the molecule is Brc1ccc(NC2CCSc3ccccc32)nc1. The van der Waals surface area contributed by atoms with E-state index in [1.165, 1.54) is 10.5 Å². The summed E-state index contributed by atoms with van der Waals surface area (Å²) in [5.41, 5.74) is 1.39. The summed E-state index contributed by atoms with van der Waals surface area (Å²) in [6.07, 6.45) is 2.96. The van der Waals surface area contributed by atoms with Crippen molar-refractivity contribution in [1.29, 1.82) is 0 Å². The highest BCUT2D eigenvalue weighted by Crippen LogP contribution is 2.37. The molecule has 0 amide bonds. The van der Waals surface area contributed by atoms with Gasteiger partial charge >= 0.3 is 0 Å². The third-order valence-corrected chi connectivity index (χ3v) is 4.60. The first-order valence-corrected chi connectivity index (χ1v) is 7.70. The number of benzene rings is 1. The molecule has 1 aromatic carbocycles. The second-order valence-electron chi connectivity index (χ2n) is 4.23. The van der Waals surface area contributed by atoms with Crippen molar-refractivity contribution in [3.63, 3.8) is 0 Å². The number of rotatable bonds is 2. The van der Waals surface area contributed by atoms with Gasteiger partial charge in [0.15, 0.2) is 0 Å². The van der Waals surface area contributed by atoms with Crippen LogP contribution < -0.4 is 5.32 Å². The summed E-state index contributed by atoms with van der Waals surface area (Å²) >= 11 is 5.34. The lowest BCUT2D eigenvalue weighted by Crippen LogP contribution is -2.16. The Labute approximate surface area is 119 Å². The fourth-order valence-electron chi connectivity index (χ4n) is 2.13. The minimum absolute atomic E-state index is 0.371. The van der Waals surface area contributed by atoms with Gasteiger partial charge in [-0.05, 0) is 46.1 Å². The molecule has 0 saturated heterocycles. The molecular weight excluding hydrogens is 308 g/mol. The monoisotopic (exact) mass is 320 g/mol. The quantitative estimate of drug-likeness (QED) is 0.882. The first-order valence-electron chi connectivity index (χ1n) is 5.93. The Morgan fingerprint density at radius 3 is 2.94 bits per heavy atom. The van der Waals surface area contributed by atoms with Crippen LogP contribution in [0.5, 0.6) is 0 Å². The molecule has 1 aromatic heterocycles. The number of anilines is 1. The maximum atomic E-state index is 4.38. The highest BCUT2D eigenvalue weighted by molar-refractivity contribution is 9.10. The maximum Gasteiger partial charge on any atom is 0.126 e. The molecular formula is C14H13BrN2S. The normalized spacial score (nSPS) is 18.2. The Morgan fingerprint density at radius 1 is 1.22 bits per heavy atom. The standard InChI is InChI=1S/C14H13BrN2S/c15-10-5-6-14(16-9-10)17-12-7-8-18-13-4-2-1-3-11(12)13/h1-6,9,12H,7-8H2,(H,16,17). The molecule has 0 radical (unpaired) electrons. The summed E-state index contributed by atoms with van der Waals surface area (Å²) in [5.74, 6) is 2.09. The van der Waals surface area contributed by atoms with Gasteiger partial charge in [0.05, 0.1) is 6.04 Å². The van der Waals surface area contributed by atoms with E-state index in [0.29, 0.717) is 6.04 Å². The average molecular weight is 321 g/mol. The summed E-state index contributed by atoms with van der Waals surface area (Å²) in [4.78, 5) is 5.77. The molecule has 92 valence electrons. The Hall–Kier alpha value is -1.00. The van der Waals surface area contributed by atoms with Gasteiger partial charge in [0.25, 0.3) is 0 Å². The number of aromatic nitrogens is 1. The molecule has 1 N–H and O–H groups in total. The lowest BCUT2D eigenvalue weighted by atomic mass is 10.0. The van der Waals surface area contributed by atoms with Crippen molar-refractivity contribution in [3.8, 4) is 0 Å². The van der Waals surface area contributed by atoms with Gasteiger partial charge in [-0.15, -0.1) is 11.8 Å². The zero-order valence-electron chi connectivity index (χ0n) is 9.77. The molecule has 4 heteroatoms. The van der Waals surface area contributed by atoms with Crippen molar-refractivity contribution in [3.05, 3.63) is 52.6 Å². The molecule has 0 saturated carbocycles. The number of hydrogen-bond acceptors (Lipinski definition) is 3. The van der Waals surface area contributed by atoms with E-state index in [9.17, 15) is 0 Å². The number of halogens is 1. The van der Waals surface area contributed by atoms with Gasteiger partial charge < -0.3 is 5.32 Å². The van der Waals surface area contributed by atoms with Crippen molar-refractivity contribution in [2.24, 2.45) is 0 Å². The Bertz CT molecular complexity index is 542. The number of nitrogens with one attached hydrogen (secondary N) is 1. The van der Waals surface area contributed by atoms with Crippen LogP contribution in [0.4, 0.5) is 5.82 Å². The average Bonchev–Trinajstić information content (AvgIpc) is 2.42. The zero-order chi connectivity index (χ0) is 12.4. The number of hydrogen-bond donors (Lipinski definition) is 1.